The normalized spacial score (nSPS) is 25.7. The lowest BCUT2D eigenvalue weighted by Gasteiger charge is -2.35. The van der Waals surface area contributed by atoms with Crippen LogP contribution in [0.2, 0.25) is 0 Å². The summed E-state index contributed by atoms with van der Waals surface area (Å²) in [5.74, 6) is -0.199. The molecule has 4 heteroatoms. The monoisotopic (exact) mass is 234 g/mol. The summed E-state index contributed by atoms with van der Waals surface area (Å²) in [5.41, 5.74) is 1.13. The molecule has 1 N–H and O–H groups in total. The van der Waals surface area contributed by atoms with Crippen LogP contribution in [0.15, 0.2) is 24.5 Å². The van der Waals surface area contributed by atoms with Gasteiger partial charge in [-0.05, 0) is 43.0 Å². The van der Waals surface area contributed by atoms with Crippen molar-refractivity contribution >= 4 is 5.97 Å². The lowest BCUT2D eigenvalue weighted by atomic mass is 9.92. The summed E-state index contributed by atoms with van der Waals surface area (Å²) in [6, 6.07) is 3.54. The van der Waals surface area contributed by atoms with Gasteiger partial charge >= 0.3 is 5.97 Å². The number of carboxylic acids is 1. The molecule has 1 fully saturated rings. The molecule has 2 heterocycles. The fourth-order valence-electron chi connectivity index (χ4n) is 2.36. The van der Waals surface area contributed by atoms with E-state index in [1.165, 1.54) is 0 Å². The second-order valence-electron chi connectivity index (χ2n) is 4.81. The zero-order valence-corrected chi connectivity index (χ0v) is 10.0. The Morgan fingerprint density at radius 2 is 2.24 bits per heavy atom. The van der Waals surface area contributed by atoms with Crippen molar-refractivity contribution in [3.05, 3.63) is 30.1 Å². The number of pyridine rings is 1. The molecule has 1 aromatic heterocycles. The predicted octanol–water partition coefficient (Wildman–Crippen LogP) is 1.77. The van der Waals surface area contributed by atoms with Crippen LogP contribution in [-0.4, -0.2) is 33.5 Å². The second kappa shape index (κ2) is 5.27. The second-order valence-corrected chi connectivity index (χ2v) is 4.81. The van der Waals surface area contributed by atoms with Gasteiger partial charge in [-0.25, -0.2) is 0 Å². The van der Waals surface area contributed by atoms with Gasteiger partial charge in [-0.2, -0.15) is 0 Å². The molecule has 4 nitrogen and oxygen atoms in total. The molecule has 0 radical (unpaired) electrons. The molecule has 1 aromatic rings. The van der Waals surface area contributed by atoms with Crippen LogP contribution in [0.3, 0.4) is 0 Å². The third-order valence-electron chi connectivity index (χ3n) is 3.40. The molecule has 2 unspecified atom stereocenters. The highest BCUT2D eigenvalue weighted by Crippen LogP contribution is 2.24. The number of aromatic nitrogens is 1. The molecule has 0 saturated carbocycles. The molecule has 0 aromatic carbocycles. The van der Waals surface area contributed by atoms with Gasteiger partial charge in [-0.3, -0.25) is 14.7 Å². The van der Waals surface area contributed by atoms with Gasteiger partial charge < -0.3 is 5.11 Å². The summed E-state index contributed by atoms with van der Waals surface area (Å²) in [5, 5.41) is 9.25. The summed E-state index contributed by atoms with van der Waals surface area (Å²) in [6.07, 6.45) is 5.32. The molecule has 0 aliphatic carbocycles. The molecule has 0 amide bonds. The van der Waals surface area contributed by atoms with Crippen molar-refractivity contribution < 1.29 is 9.90 Å². The van der Waals surface area contributed by atoms with E-state index in [4.69, 9.17) is 0 Å². The van der Waals surface area contributed by atoms with Gasteiger partial charge in [-0.1, -0.05) is 6.92 Å². The Labute approximate surface area is 101 Å². The van der Waals surface area contributed by atoms with Crippen molar-refractivity contribution in [2.45, 2.75) is 32.4 Å². The standard InChI is InChI=1S/C13H18N2O2/c1-10-4-7-15(12(8-10)13(16)17)9-11-2-5-14-6-3-11/h2-3,5-6,10,12H,4,7-9H2,1H3,(H,16,17). The Bertz CT molecular complexity index is 380. The molecular weight excluding hydrogens is 216 g/mol. The van der Waals surface area contributed by atoms with Crippen molar-refractivity contribution in [3.63, 3.8) is 0 Å². The van der Waals surface area contributed by atoms with Gasteiger partial charge in [0.1, 0.15) is 6.04 Å². The molecule has 17 heavy (non-hydrogen) atoms. The van der Waals surface area contributed by atoms with E-state index in [2.05, 4.69) is 16.8 Å². The van der Waals surface area contributed by atoms with Crippen molar-refractivity contribution in [1.82, 2.24) is 9.88 Å². The van der Waals surface area contributed by atoms with Crippen LogP contribution in [0.4, 0.5) is 0 Å². The fourth-order valence-corrected chi connectivity index (χ4v) is 2.36. The average Bonchev–Trinajstić information content (AvgIpc) is 2.32. The van der Waals surface area contributed by atoms with Gasteiger partial charge in [0.2, 0.25) is 0 Å². The summed E-state index contributed by atoms with van der Waals surface area (Å²) in [4.78, 5) is 17.3. The summed E-state index contributed by atoms with van der Waals surface area (Å²) < 4.78 is 0. The van der Waals surface area contributed by atoms with Gasteiger partial charge in [0.25, 0.3) is 0 Å². The molecule has 1 saturated heterocycles. The van der Waals surface area contributed by atoms with E-state index < -0.39 is 5.97 Å². The van der Waals surface area contributed by atoms with Crippen molar-refractivity contribution in [2.24, 2.45) is 5.92 Å². The number of carbonyl (C=O) groups is 1. The smallest absolute Gasteiger partial charge is 0.320 e. The van der Waals surface area contributed by atoms with Crippen LogP contribution in [0.25, 0.3) is 0 Å². The maximum atomic E-state index is 11.2. The van der Waals surface area contributed by atoms with Gasteiger partial charge in [0.05, 0.1) is 0 Å². The Morgan fingerprint density at radius 1 is 1.53 bits per heavy atom. The van der Waals surface area contributed by atoms with Gasteiger partial charge in [-0.15, -0.1) is 0 Å². The predicted molar refractivity (Wildman–Crippen MR) is 64.5 cm³/mol. The Kier molecular flexibility index (Phi) is 3.74. The zero-order valence-electron chi connectivity index (χ0n) is 10.0. The van der Waals surface area contributed by atoms with Crippen LogP contribution in [0.5, 0.6) is 0 Å². The van der Waals surface area contributed by atoms with Crippen LogP contribution in [-0.2, 0) is 11.3 Å². The highest BCUT2D eigenvalue weighted by Gasteiger charge is 2.31. The summed E-state index contributed by atoms with van der Waals surface area (Å²) in [7, 11) is 0. The highest BCUT2D eigenvalue weighted by molar-refractivity contribution is 5.73. The topological polar surface area (TPSA) is 53.4 Å². The number of hydrogen-bond acceptors (Lipinski definition) is 3. The maximum Gasteiger partial charge on any atom is 0.320 e. The minimum absolute atomic E-state index is 0.341. The fraction of sp³-hybridized carbons (Fsp3) is 0.538. The van der Waals surface area contributed by atoms with E-state index in [0.717, 1.165) is 24.9 Å². The summed E-state index contributed by atoms with van der Waals surface area (Å²) in [6.45, 7) is 3.69. The maximum absolute atomic E-state index is 11.2. The third kappa shape index (κ3) is 3.03. The lowest BCUT2D eigenvalue weighted by Crippen LogP contribution is -2.46. The quantitative estimate of drug-likeness (QED) is 0.866. The first-order chi connectivity index (χ1) is 8.16. The average molecular weight is 234 g/mol. The van der Waals surface area contributed by atoms with E-state index in [9.17, 15) is 9.90 Å². The molecule has 92 valence electrons. The number of aliphatic carboxylic acids is 1. The molecule has 0 bridgehead atoms. The number of piperidine rings is 1. The van der Waals surface area contributed by atoms with Crippen molar-refractivity contribution in [3.8, 4) is 0 Å². The minimum atomic E-state index is -0.703. The molecule has 0 spiro atoms. The molecule has 2 rings (SSSR count). The SMILES string of the molecule is CC1CCN(Cc2ccncc2)C(C(=O)O)C1. The zero-order chi connectivity index (χ0) is 12.3. The van der Waals surface area contributed by atoms with Crippen molar-refractivity contribution in [1.29, 1.82) is 0 Å². The van der Waals surface area contributed by atoms with Crippen LogP contribution >= 0.6 is 0 Å². The van der Waals surface area contributed by atoms with Crippen LogP contribution < -0.4 is 0 Å². The Balaban J connectivity index is 2.06. The number of likely N-dealkylation sites (tertiary alicyclic amines) is 1. The van der Waals surface area contributed by atoms with Gasteiger partial charge in [0, 0.05) is 18.9 Å². The first-order valence-corrected chi connectivity index (χ1v) is 6.02. The van der Waals surface area contributed by atoms with E-state index >= 15 is 0 Å². The summed E-state index contributed by atoms with van der Waals surface area (Å²) >= 11 is 0. The van der Waals surface area contributed by atoms with Gasteiger partial charge in [0.15, 0.2) is 0 Å². The first-order valence-electron chi connectivity index (χ1n) is 6.02. The number of nitrogens with zero attached hydrogens (tertiary/aromatic N) is 2. The molecular formula is C13H18N2O2. The Morgan fingerprint density at radius 3 is 2.88 bits per heavy atom. The first kappa shape index (κ1) is 12.0. The molecule has 2 atom stereocenters. The van der Waals surface area contributed by atoms with E-state index in [0.29, 0.717) is 12.5 Å². The number of carboxylic acid groups (broad SMARTS) is 1. The molecule has 1 aliphatic heterocycles. The minimum Gasteiger partial charge on any atom is -0.480 e. The molecule has 1 aliphatic rings. The van der Waals surface area contributed by atoms with E-state index in [1.807, 2.05) is 12.1 Å². The van der Waals surface area contributed by atoms with E-state index in [1.54, 1.807) is 12.4 Å². The highest BCUT2D eigenvalue weighted by atomic mass is 16.4. The van der Waals surface area contributed by atoms with Crippen LogP contribution in [0.1, 0.15) is 25.3 Å². The third-order valence-corrected chi connectivity index (χ3v) is 3.40. The van der Waals surface area contributed by atoms with Crippen LogP contribution in [0, 0.1) is 5.92 Å². The largest absolute Gasteiger partial charge is 0.480 e. The van der Waals surface area contributed by atoms with E-state index in [-0.39, 0.29) is 6.04 Å². The number of rotatable bonds is 3. The number of hydrogen-bond donors (Lipinski definition) is 1. The Hall–Kier alpha value is -1.42. The van der Waals surface area contributed by atoms with Crippen molar-refractivity contribution in [2.75, 3.05) is 6.54 Å². The lowest BCUT2D eigenvalue weighted by molar-refractivity contribution is -0.145.